The molecule has 0 aromatic carbocycles. The fourth-order valence-corrected chi connectivity index (χ4v) is 1.10. The summed E-state index contributed by atoms with van der Waals surface area (Å²) in [7, 11) is 1.54. The average Bonchev–Trinajstić information content (AvgIpc) is 2.02. The standard InChI is InChI=1S/C10H21NO3/c1-8(2)6-10(13)11-5-4-9(12)7-14-3/h8-9,12H,4-7H2,1-3H3,(H,11,13). The third kappa shape index (κ3) is 8.01. The smallest absolute Gasteiger partial charge is 0.220 e. The lowest BCUT2D eigenvalue weighted by atomic mass is 10.1. The normalized spacial score (nSPS) is 12.9. The van der Waals surface area contributed by atoms with Crippen LogP contribution >= 0.6 is 0 Å². The Morgan fingerprint density at radius 2 is 2.14 bits per heavy atom. The van der Waals surface area contributed by atoms with Crippen molar-refractivity contribution >= 4 is 5.91 Å². The monoisotopic (exact) mass is 203 g/mol. The number of methoxy groups -OCH3 is 1. The molecule has 0 spiro atoms. The van der Waals surface area contributed by atoms with Crippen molar-refractivity contribution < 1.29 is 14.6 Å². The highest BCUT2D eigenvalue weighted by Crippen LogP contribution is 1.98. The Morgan fingerprint density at radius 3 is 2.64 bits per heavy atom. The zero-order valence-electron chi connectivity index (χ0n) is 9.25. The molecule has 1 unspecified atom stereocenters. The maximum atomic E-state index is 11.2. The zero-order chi connectivity index (χ0) is 11.0. The summed E-state index contributed by atoms with van der Waals surface area (Å²) in [6.45, 7) is 4.83. The predicted octanol–water partition coefficient (Wildman–Crippen LogP) is 0.546. The second kappa shape index (κ2) is 7.76. The lowest BCUT2D eigenvalue weighted by molar-refractivity contribution is -0.121. The van der Waals surface area contributed by atoms with Gasteiger partial charge in [0.15, 0.2) is 0 Å². The fourth-order valence-electron chi connectivity index (χ4n) is 1.10. The van der Waals surface area contributed by atoms with Gasteiger partial charge in [0.25, 0.3) is 0 Å². The summed E-state index contributed by atoms with van der Waals surface area (Å²) in [4.78, 5) is 11.2. The molecule has 0 aliphatic carbocycles. The summed E-state index contributed by atoms with van der Waals surface area (Å²) >= 11 is 0. The molecular weight excluding hydrogens is 182 g/mol. The summed E-state index contributed by atoms with van der Waals surface area (Å²) in [5.41, 5.74) is 0. The first-order chi connectivity index (χ1) is 6.56. The first kappa shape index (κ1) is 13.4. The molecule has 1 atom stereocenters. The molecule has 0 fully saturated rings. The zero-order valence-corrected chi connectivity index (χ0v) is 9.25. The summed E-state index contributed by atoms with van der Waals surface area (Å²) in [5, 5.41) is 12.0. The van der Waals surface area contributed by atoms with E-state index in [-0.39, 0.29) is 5.91 Å². The minimum absolute atomic E-state index is 0.0459. The van der Waals surface area contributed by atoms with Crippen molar-refractivity contribution in [1.29, 1.82) is 0 Å². The third-order valence-corrected chi connectivity index (χ3v) is 1.75. The molecule has 0 saturated carbocycles. The largest absolute Gasteiger partial charge is 0.391 e. The molecule has 0 rings (SSSR count). The van der Waals surface area contributed by atoms with Gasteiger partial charge in [-0.3, -0.25) is 4.79 Å². The Hall–Kier alpha value is -0.610. The topological polar surface area (TPSA) is 58.6 Å². The van der Waals surface area contributed by atoms with Crippen LogP contribution in [0.2, 0.25) is 0 Å². The van der Waals surface area contributed by atoms with E-state index in [2.05, 4.69) is 5.32 Å². The van der Waals surface area contributed by atoms with Gasteiger partial charge >= 0.3 is 0 Å². The first-order valence-corrected chi connectivity index (χ1v) is 5.00. The van der Waals surface area contributed by atoms with E-state index in [4.69, 9.17) is 4.74 Å². The van der Waals surface area contributed by atoms with E-state index in [0.717, 1.165) is 0 Å². The third-order valence-electron chi connectivity index (χ3n) is 1.75. The van der Waals surface area contributed by atoms with Crippen LogP contribution in [0.15, 0.2) is 0 Å². The van der Waals surface area contributed by atoms with E-state index >= 15 is 0 Å². The maximum Gasteiger partial charge on any atom is 0.220 e. The number of carbonyl (C=O) groups excluding carboxylic acids is 1. The van der Waals surface area contributed by atoms with Crippen molar-refractivity contribution in [2.45, 2.75) is 32.8 Å². The van der Waals surface area contributed by atoms with E-state index in [1.807, 2.05) is 13.8 Å². The maximum absolute atomic E-state index is 11.2. The van der Waals surface area contributed by atoms with Crippen molar-refractivity contribution in [1.82, 2.24) is 5.32 Å². The number of rotatable bonds is 7. The van der Waals surface area contributed by atoms with E-state index in [9.17, 15) is 9.90 Å². The molecule has 0 radical (unpaired) electrons. The molecule has 4 nitrogen and oxygen atoms in total. The van der Waals surface area contributed by atoms with E-state index in [1.165, 1.54) is 0 Å². The van der Waals surface area contributed by atoms with Gasteiger partial charge in [-0.1, -0.05) is 13.8 Å². The summed E-state index contributed by atoms with van der Waals surface area (Å²) in [5.74, 6) is 0.420. The van der Waals surface area contributed by atoms with Crippen LogP contribution in [0.1, 0.15) is 26.7 Å². The molecule has 14 heavy (non-hydrogen) atoms. The highest BCUT2D eigenvalue weighted by Gasteiger charge is 2.06. The number of hydrogen-bond acceptors (Lipinski definition) is 3. The number of aliphatic hydroxyl groups excluding tert-OH is 1. The minimum atomic E-state index is -0.487. The number of nitrogens with one attached hydrogen (secondary N) is 1. The van der Waals surface area contributed by atoms with Crippen molar-refractivity contribution in [3.05, 3.63) is 0 Å². The van der Waals surface area contributed by atoms with E-state index in [0.29, 0.717) is 31.9 Å². The highest BCUT2D eigenvalue weighted by molar-refractivity contribution is 5.75. The van der Waals surface area contributed by atoms with Crippen LogP contribution in [0.25, 0.3) is 0 Å². The van der Waals surface area contributed by atoms with Gasteiger partial charge in [0, 0.05) is 20.1 Å². The Morgan fingerprint density at radius 1 is 1.50 bits per heavy atom. The van der Waals surface area contributed by atoms with Crippen molar-refractivity contribution in [2.75, 3.05) is 20.3 Å². The Bertz CT molecular complexity index is 159. The first-order valence-electron chi connectivity index (χ1n) is 5.00. The van der Waals surface area contributed by atoms with Crippen molar-refractivity contribution in [2.24, 2.45) is 5.92 Å². The quantitative estimate of drug-likeness (QED) is 0.635. The molecule has 0 aromatic heterocycles. The van der Waals surface area contributed by atoms with E-state index in [1.54, 1.807) is 7.11 Å². The molecule has 0 bridgehead atoms. The van der Waals surface area contributed by atoms with Crippen molar-refractivity contribution in [3.8, 4) is 0 Å². The van der Waals surface area contributed by atoms with Crippen LogP contribution in [0, 0.1) is 5.92 Å². The second-order valence-corrected chi connectivity index (χ2v) is 3.85. The average molecular weight is 203 g/mol. The molecular formula is C10H21NO3. The number of amides is 1. The lowest BCUT2D eigenvalue weighted by Crippen LogP contribution is -2.29. The predicted molar refractivity (Wildman–Crippen MR) is 55.0 cm³/mol. The molecule has 0 aliphatic heterocycles. The summed E-state index contributed by atoms with van der Waals surface area (Å²) in [6.07, 6.45) is 0.595. The molecule has 4 heteroatoms. The summed E-state index contributed by atoms with van der Waals surface area (Å²) < 4.78 is 4.76. The van der Waals surface area contributed by atoms with Crippen LogP contribution in [0.4, 0.5) is 0 Å². The van der Waals surface area contributed by atoms with Gasteiger partial charge in [-0.2, -0.15) is 0 Å². The molecule has 0 aliphatic rings. The Balaban J connectivity index is 3.39. The molecule has 0 aromatic rings. The van der Waals surface area contributed by atoms with Crippen molar-refractivity contribution in [3.63, 3.8) is 0 Å². The van der Waals surface area contributed by atoms with Crippen LogP contribution < -0.4 is 5.32 Å². The minimum Gasteiger partial charge on any atom is -0.391 e. The number of aliphatic hydroxyl groups is 1. The van der Waals surface area contributed by atoms with Gasteiger partial charge in [0.2, 0.25) is 5.91 Å². The number of carbonyl (C=O) groups is 1. The van der Waals surface area contributed by atoms with Gasteiger partial charge in [-0.15, -0.1) is 0 Å². The van der Waals surface area contributed by atoms with E-state index < -0.39 is 6.10 Å². The Kier molecular flexibility index (Phi) is 7.42. The second-order valence-electron chi connectivity index (χ2n) is 3.85. The Labute approximate surface area is 85.6 Å². The molecule has 84 valence electrons. The van der Waals surface area contributed by atoms with Crippen LogP contribution in [0.5, 0.6) is 0 Å². The van der Waals surface area contributed by atoms with Gasteiger partial charge in [-0.25, -0.2) is 0 Å². The number of hydrogen-bond donors (Lipinski definition) is 2. The highest BCUT2D eigenvalue weighted by atomic mass is 16.5. The number of ether oxygens (including phenoxy) is 1. The van der Waals surface area contributed by atoms with Gasteiger partial charge in [0.05, 0.1) is 12.7 Å². The van der Waals surface area contributed by atoms with Gasteiger partial charge in [-0.05, 0) is 12.3 Å². The fraction of sp³-hybridized carbons (Fsp3) is 0.900. The molecule has 0 heterocycles. The SMILES string of the molecule is COCC(O)CCNC(=O)CC(C)C. The molecule has 0 saturated heterocycles. The summed E-state index contributed by atoms with van der Waals surface area (Å²) in [6, 6.07) is 0. The van der Waals surface area contributed by atoms with Crippen LogP contribution in [-0.4, -0.2) is 37.4 Å². The van der Waals surface area contributed by atoms with Crippen LogP contribution in [-0.2, 0) is 9.53 Å². The van der Waals surface area contributed by atoms with Crippen LogP contribution in [0.3, 0.4) is 0 Å². The molecule has 1 amide bonds. The van der Waals surface area contributed by atoms with Gasteiger partial charge in [0.1, 0.15) is 0 Å². The molecule has 2 N–H and O–H groups in total. The van der Waals surface area contributed by atoms with Gasteiger partial charge < -0.3 is 15.2 Å². The lowest BCUT2D eigenvalue weighted by Gasteiger charge is -2.10.